The minimum absolute atomic E-state index is 0. The lowest BCUT2D eigenvalue weighted by Crippen LogP contribution is -2.39. The first-order chi connectivity index (χ1) is 15.5. The van der Waals surface area contributed by atoms with E-state index in [2.05, 4.69) is 49.9 Å². The summed E-state index contributed by atoms with van der Waals surface area (Å²) < 4.78 is 6.80. The predicted octanol–water partition coefficient (Wildman–Crippen LogP) is 6.28. The average Bonchev–Trinajstić information content (AvgIpc) is 3.23. The second-order valence-electron chi connectivity index (χ2n) is 7.52. The van der Waals surface area contributed by atoms with E-state index in [1.54, 1.807) is 23.1 Å². The zero-order chi connectivity index (χ0) is 22.9. The largest absolute Gasteiger partial charge is 0.492 e. The van der Waals surface area contributed by atoms with Gasteiger partial charge in [-0.1, -0.05) is 48.9 Å². The van der Waals surface area contributed by atoms with Crippen LogP contribution in [0, 0.1) is 6.92 Å². The van der Waals surface area contributed by atoms with Crippen LogP contribution in [0.4, 0.5) is 5.13 Å². The number of carbonyl (C=O) groups is 1. The van der Waals surface area contributed by atoms with Crippen molar-refractivity contribution in [2.75, 3.05) is 43.4 Å². The SMILES string of the molecule is CCOc1cccc2sc(N(CCN(CC)CC)C(=O)CCSc3ccc(C)cc3)nc12.Cl. The van der Waals surface area contributed by atoms with Gasteiger partial charge in [-0.05, 0) is 51.2 Å². The number of carbonyl (C=O) groups excluding carboxylic acids is 1. The second-order valence-corrected chi connectivity index (χ2v) is 9.69. The van der Waals surface area contributed by atoms with E-state index in [0.717, 1.165) is 46.5 Å². The molecule has 0 aliphatic carbocycles. The number of hydrogen-bond acceptors (Lipinski definition) is 6. The lowest BCUT2D eigenvalue weighted by molar-refractivity contribution is -0.118. The molecule has 0 atom stereocenters. The standard InChI is InChI=1S/C25H33N3O2S2.ClH/c1-5-27(6-2)16-17-28(23(29)15-18-31-20-13-11-19(4)12-14-20)25-26-24-21(30-7-3)9-8-10-22(24)32-25;/h8-14H,5-7,15-18H2,1-4H3;1H. The highest BCUT2D eigenvalue weighted by Crippen LogP contribution is 2.34. The molecule has 0 N–H and O–H groups in total. The fourth-order valence-corrected chi connectivity index (χ4v) is 5.30. The summed E-state index contributed by atoms with van der Waals surface area (Å²) in [6.45, 7) is 12.4. The molecule has 0 aliphatic heterocycles. The van der Waals surface area contributed by atoms with E-state index in [1.807, 2.05) is 30.0 Å². The number of aromatic nitrogens is 1. The summed E-state index contributed by atoms with van der Waals surface area (Å²) in [5, 5.41) is 0.754. The second kappa shape index (κ2) is 13.8. The molecule has 1 amide bonds. The Balaban J connectivity index is 0.00000385. The monoisotopic (exact) mass is 507 g/mol. The molecule has 180 valence electrons. The number of para-hydroxylation sites is 1. The minimum Gasteiger partial charge on any atom is -0.492 e. The van der Waals surface area contributed by atoms with Crippen LogP contribution in [0.3, 0.4) is 0 Å². The van der Waals surface area contributed by atoms with Gasteiger partial charge < -0.3 is 9.64 Å². The Hall–Kier alpha value is -1.80. The third kappa shape index (κ3) is 7.60. The van der Waals surface area contributed by atoms with E-state index < -0.39 is 0 Å². The van der Waals surface area contributed by atoms with Crippen molar-refractivity contribution in [1.29, 1.82) is 0 Å². The van der Waals surface area contributed by atoms with E-state index in [0.29, 0.717) is 19.6 Å². The van der Waals surface area contributed by atoms with Crippen molar-refractivity contribution in [2.24, 2.45) is 0 Å². The maximum atomic E-state index is 13.3. The molecule has 0 bridgehead atoms. The molecule has 8 heteroatoms. The Morgan fingerprint density at radius 2 is 1.79 bits per heavy atom. The lowest BCUT2D eigenvalue weighted by Gasteiger charge is -2.24. The van der Waals surface area contributed by atoms with Crippen LogP contribution in [0.1, 0.15) is 32.8 Å². The van der Waals surface area contributed by atoms with Crippen molar-refractivity contribution in [2.45, 2.75) is 39.0 Å². The molecule has 1 heterocycles. The highest BCUT2D eigenvalue weighted by molar-refractivity contribution is 7.99. The molecule has 3 rings (SSSR count). The molecular weight excluding hydrogens is 474 g/mol. The summed E-state index contributed by atoms with van der Waals surface area (Å²) in [6, 6.07) is 14.4. The third-order valence-corrected chi connectivity index (χ3v) is 7.40. The fraction of sp³-hybridized carbons (Fsp3) is 0.440. The van der Waals surface area contributed by atoms with E-state index in [-0.39, 0.29) is 18.3 Å². The van der Waals surface area contributed by atoms with Gasteiger partial charge in [0.05, 0.1) is 11.3 Å². The maximum Gasteiger partial charge on any atom is 0.229 e. The van der Waals surface area contributed by atoms with Crippen LogP contribution in [0.2, 0.25) is 0 Å². The van der Waals surface area contributed by atoms with Gasteiger partial charge in [-0.2, -0.15) is 0 Å². The van der Waals surface area contributed by atoms with Crippen molar-refractivity contribution in [3.8, 4) is 5.75 Å². The number of aryl methyl sites for hydroxylation is 1. The molecule has 33 heavy (non-hydrogen) atoms. The van der Waals surface area contributed by atoms with Gasteiger partial charge in [0.15, 0.2) is 5.13 Å². The Labute approximate surface area is 211 Å². The van der Waals surface area contributed by atoms with Crippen LogP contribution in [0.5, 0.6) is 5.75 Å². The molecule has 0 radical (unpaired) electrons. The van der Waals surface area contributed by atoms with Gasteiger partial charge in [0.25, 0.3) is 0 Å². The Morgan fingerprint density at radius 1 is 1.06 bits per heavy atom. The first kappa shape index (κ1) is 27.4. The molecule has 0 saturated heterocycles. The topological polar surface area (TPSA) is 45.7 Å². The van der Waals surface area contributed by atoms with Gasteiger partial charge in [0.2, 0.25) is 5.91 Å². The molecule has 0 fully saturated rings. The van der Waals surface area contributed by atoms with Crippen molar-refractivity contribution in [1.82, 2.24) is 9.88 Å². The highest BCUT2D eigenvalue weighted by Gasteiger charge is 2.21. The third-order valence-electron chi connectivity index (χ3n) is 5.34. The number of anilines is 1. The smallest absolute Gasteiger partial charge is 0.229 e. The van der Waals surface area contributed by atoms with Crippen LogP contribution < -0.4 is 9.64 Å². The van der Waals surface area contributed by atoms with E-state index in [4.69, 9.17) is 9.72 Å². The zero-order valence-electron chi connectivity index (χ0n) is 19.9. The number of ether oxygens (including phenoxy) is 1. The van der Waals surface area contributed by atoms with E-state index in [1.165, 1.54) is 10.5 Å². The summed E-state index contributed by atoms with van der Waals surface area (Å²) >= 11 is 3.28. The summed E-state index contributed by atoms with van der Waals surface area (Å²) in [5.41, 5.74) is 2.08. The lowest BCUT2D eigenvalue weighted by atomic mass is 10.2. The number of thiazole rings is 1. The van der Waals surface area contributed by atoms with Gasteiger partial charge in [0, 0.05) is 30.2 Å². The molecular formula is C25H34ClN3O2S2. The summed E-state index contributed by atoms with van der Waals surface area (Å²) in [6.07, 6.45) is 0.477. The highest BCUT2D eigenvalue weighted by atomic mass is 35.5. The molecule has 0 aliphatic rings. The first-order valence-electron chi connectivity index (χ1n) is 11.3. The number of hydrogen-bond donors (Lipinski definition) is 0. The maximum absolute atomic E-state index is 13.3. The first-order valence-corrected chi connectivity index (χ1v) is 13.1. The van der Waals surface area contributed by atoms with Gasteiger partial charge in [0.1, 0.15) is 11.3 Å². The molecule has 0 spiro atoms. The molecule has 1 aromatic heterocycles. The molecule has 0 saturated carbocycles. The van der Waals surface area contributed by atoms with E-state index >= 15 is 0 Å². The normalized spacial score (nSPS) is 10.9. The molecule has 2 aromatic carbocycles. The molecule has 3 aromatic rings. The number of rotatable bonds is 12. The van der Waals surface area contributed by atoms with Gasteiger partial charge in [-0.3, -0.25) is 9.69 Å². The number of amides is 1. The van der Waals surface area contributed by atoms with E-state index in [9.17, 15) is 4.79 Å². The van der Waals surface area contributed by atoms with Gasteiger partial charge in [-0.25, -0.2) is 4.98 Å². The minimum atomic E-state index is 0. The fourth-order valence-electron chi connectivity index (χ4n) is 3.43. The Bertz CT molecular complexity index is 1010. The van der Waals surface area contributed by atoms with Crippen LogP contribution in [-0.4, -0.2) is 54.3 Å². The van der Waals surface area contributed by atoms with Crippen molar-refractivity contribution in [3.05, 3.63) is 48.0 Å². The number of nitrogens with zero attached hydrogens (tertiary/aromatic N) is 3. The van der Waals surface area contributed by atoms with Crippen LogP contribution in [-0.2, 0) is 4.79 Å². The van der Waals surface area contributed by atoms with Crippen molar-refractivity contribution >= 4 is 56.8 Å². The van der Waals surface area contributed by atoms with Crippen LogP contribution in [0.25, 0.3) is 10.2 Å². The van der Waals surface area contributed by atoms with Crippen molar-refractivity contribution in [3.63, 3.8) is 0 Å². The summed E-state index contributed by atoms with van der Waals surface area (Å²) in [5.74, 6) is 1.64. The average molecular weight is 508 g/mol. The zero-order valence-corrected chi connectivity index (χ0v) is 22.3. The van der Waals surface area contributed by atoms with Gasteiger partial charge in [-0.15, -0.1) is 24.2 Å². The van der Waals surface area contributed by atoms with Crippen LogP contribution in [0.15, 0.2) is 47.4 Å². The Kier molecular flexibility index (Phi) is 11.5. The number of benzene rings is 2. The number of likely N-dealkylation sites (N-methyl/N-ethyl adjacent to an activating group) is 1. The van der Waals surface area contributed by atoms with Gasteiger partial charge >= 0.3 is 0 Å². The molecule has 5 nitrogen and oxygen atoms in total. The Morgan fingerprint density at radius 3 is 2.45 bits per heavy atom. The summed E-state index contributed by atoms with van der Waals surface area (Å²) in [7, 11) is 0. The number of fused-ring (bicyclic) bond motifs is 1. The number of thioether (sulfide) groups is 1. The number of halogens is 1. The summed E-state index contributed by atoms with van der Waals surface area (Å²) in [4.78, 5) is 23.5. The predicted molar refractivity (Wildman–Crippen MR) is 145 cm³/mol. The quantitative estimate of drug-likeness (QED) is 0.270. The van der Waals surface area contributed by atoms with Crippen molar-refractivity contribution < 1.29 is 9.53 Å². The van der Waals surface area contributed by atoms with Crippen LogP contribution >= 0.6 is 35.5 Å². The molecule has 0 unspecified atom stereocenters.